The molecular weight excluding hydrogens is 444 g/mol. The van der Waals surface area contributed by atoms with Crippen LogP contribution >= 0.6 is 0 Å². The zero-order valence-corrected chi connectivity index (χ0v) is 18.8. The summed E-state index contributed by atoms with van der Waals surface area (Å²) in [5.41, 5.74) is 1.27. The molecule has 0 aliphatic carbocycles. The molecule has 0 aliphatic heterocycles. The molecule has 8 nitrogen and oxygen atoms in total. The lowest BCUT2D eigenvalue weighted by Gasteiger charge is -2.11. The Morgan fingerprint density at radius 2 is 1.64 bits per heavy atom. The van der Waals surface area contributed by atoms with E-state index in [9.17, 15) is 18.0 Å². The zero-order valence-electron chi connectivity index (χ0n) is 18.0. The average molecular weight is 469 g/mol. The van der Waals surface area contributed by atoms with Gasteiger partial charge in [0.05, 0.1) is 22.8 Å². The lowest BCUT2D eigenvalue weighted by Crippen LogP contribution is -2.24. The molecule has 0 spiro atoms. The van der Waals surface area contributed by atoms with Crippen LogP contribution in [0.15, 0.2) is 83.8 Å². The summed E-state index contributed by atoms with van der Waals surface area (Å²) in [5.74, 6) is -0.868. The van der Waals surface area contributed by atoms with Crippen molar-refractivity contribution in [3.8, 4) is 5.75 Å². The Balaban J connectivity index is 1.59. The first-order valence-corrected chi connectivity index (χ1v) is 11.7. The minimum atomic E-state index is -3.85. The summed E-state index contributed by atoms with van der Waals surface area (Å²) in [7, 11) is -3.85. The number of rotatable bonds is 10. The van der Waals surface area contributed by atoms with Gasteiger partial charge in [0.2, 0.25) is 10.0 Å². The molecule has 0 saturated heterocycles. The molecule has 1 amide bonds. The van der Waals surface area contributed by atoms with Crippen LogP contribution in [-0.4, -0.2) is 33.5 Å². The van der Waals surface area contributed by atoms with E-state index in [0.717, 1.165) is 5.56 Å². The normalized spacial score (nSPS) is 10.9. The maximum Gasteiger partial charge on any atom is 0.338 e. The summed E-state index contributed by atoms with van der Waals surface area (Å²) in [6.07, 6.45) is 0. The molecule has 0 aliphatic rings. The quantitative estimate of drug-likeness (QED) is 0.442. The highest BCUT2D eigenvalue weighted by Gasteiger charge is 2.18. The van der Waals surface area contributed by atoms with E-state index in [-0.39, 0.29) is 17.0 Å². The smallest absolute Gasteiger partial charge is 0.338 e. The Kier molecular flexibility index (Phi) is 8.17. The van der Waals surface area contributed by atoms with Crippen LogP contribution in [0.2, 0.25) is 0 Å². The van der Waals surface area contributed by atoms with Crippen LogP contribution < -0.4 is 14.8 Å². The van der Waals surface area contributed by atoms with E-state index < -0.39 is 28.5 Å². The SMILES string of the molecule is CCOc1ccccc1NC(=O)COC(=O)c1cccc(S(=O)(=O)NCc2ccccc2)c1. The van der Waals surface area contributed by atoms with Gasteiger partial charge in [0.15, 0.2) is 6.61 Å². The van der Waals surface area contributed by atoms with Crippen LogP contribution in [0.1, 0.15) is 22.8 Å². The molecule has 0 radical (unpaired) electrons. The fraction of sp³-hybridized carbons (Fsp3) is 0.167. The first-order chi connectivity index (χ1) is 15.9. The van der Waals surface area contributed by atoms with Gasteiger partial charge >= 0.3 is 5.97 Å². The molecule has 0 saturated carbocycles. The van der Waals surface area contributed by atoms with Gasteiger partial charge in [-0.1, -0.05) is 48.5 Å². The van der Waals surface area contributed by atoms with Crippen molar-refractivity contribution < 1.29 is 27.5 Å². The number of amides is 1. The third kappa shape index (κ3) is 6.90. The lowest BCUT2D eigenvalue weighted by molar-refractivity contribution is -0.119. The molecular formula is C24H24N2O6S. The number of carbonyl (C=O) groups excluding carboxylic acids is 2. The van der Waals surface area contributed by atoms with E-state index in [4.69, 9.17) is 9.47 Å². The van der Waals surface area contributed by atoms with Gasteiger partial charge in [0.1, 0.15) is 5.75 Å². The number of esters is 1. The van der Waals surface area contributed by atoms with E-state index in [0.29, 0.717) is 18.0 Å². The van der Waals surface area contributed by atoms with Crippen LogP contribution in [0.4, 0.5) is 5.69 Å². The van der Waals surface area contributed by atoms with Gasteiger partial charge in [0.25, 0.3) is 5.91 Å². The first-order valence-electron chi connectivity index (χ1n) is 10.2. The predicted molar refractivity (Wildman–Crippen MR) is 123 cm³/mol. The number of benzene rings is 3. The largest absolute Gasteiger partial charge is 0.492 e. The summed E-state index contributed by atoms with van der Waals surface area (Å²) >= 11 is 0. The molecule has 0 atom stereocenters. The van der Waals surface area contributed by atoms with E-state index in [1.54, 1.807) is 36.4 Å². The van der Waals surface area contributed by atoms with E-state index in [1.165, 1.54) is 24.3 Å². The Bertz CT molecular complexity index is 1210. The summed E-state index contributed by atoms with van der Waals surface area (Å²) in [6, 6.07) is 21.4. The van der Waals surface area contributed by atoms with Gasteiger partial charge in [-0.05, 0) is 42.8 Å². The van der Waals surface area contributed by atoms with Crippen molar-refractivity contribution in [3.63, 3.8) is 0 Å². The number of hydrogen-bond acceptors (Lipinski definition) is 6. The van der Waals surface area contributed by atoms with Crippen molar-refractivity contribution in [2.75, 3.05) is 18.5 Å². The maximum absolute atomic E-state index is 12.6. The molecule has 0 unspecified atom stereocenters. The summed E-state index contributed by atoms with van der Waals surface area (Å²) in [6.45, 7) is 1.83. The number of ether oxygens (including phenoxy) is 2. The van der Waals surface area contributed by atoms with Gasteiger partial charge < -0.3 is 14.8 Å². The van der Waals surface area contributed by atoms with Gasteiger partial charge in [-0.25, -0.2) is 17.9 Å². The molecule has 2 N–H and O–H groups in total. The number of hydrogen-bond donors (Lipinski definition) is 2. The van der Waals surface area contributed by atoms with E-state index >= 15 is 0 Å². The molecule has 172 valence electrons. The zero-order chi connectivity index (χ0) is 23.7. The Hall–Kier alpha value is -3.69. The van der Waals surface area contributed by atoms with Crippen LogP contribution in [0.5, 0.6) is 5.75 Å². The van der Waals surface area contributed by atoms with E-state index in [1.807, 2.05) is 25.1 Å². The molecule has 0 fully saturated rings. The number of carbonyl (C=O) groups is 2. The second kappa shape index (κ2) is 11.3. The van der Waals surface area contributed by atoms with Crippen molar-refractivity contribution in [1.82, 2.24) is 4.72 Å². The van der Waals surface area contributed by atoms with Crippen LogP contribution in [0, 0.1) is 0 Å². The Labute approximate surface area is 192 Å². The molecule has 0 aromatic heterocycles. The minimum Gasteiger partial charge on any atom is -0.492 e. The molecule has 3 rings (SSSR count). The van der Waals surface area contributed by atoms with Crippen molar-refractivity contribution >= 4 is 27.6 Å². The standard InChI is InChI=1S/C24H24N2O6S/c1-2-31-22-14-7-6-13-21(22)26-23(27)17-32-24(28)19-11-8-12-20(15-19)33(29,30)25-16-18-9-4-3-5-10-18/h3-15,25H,2,16-17H2,1H3,(H,26,27). The third-order valence-corrected chi connectivity index (χ3v) is 5.88. The van der Waals surface area contributed by atoms with Crippen LogP contribution in [0.3, 0.4) is 0 Å². The van der Waals surface area contributed by atoms with Gasteiger partial charge in [-0.2, -0.15) is 0 Å². The van der Waals surface area contributed by atoms with E-state index in [2.05, 4.69) is 10.0 Å². The maximum atomic E-state index is 12.6. The second-order valence-electron chi connectivity index (χ2n) is 6.89. The highest BCUT2D eigenvalue weighted by Crippen LogP contribution is 2.23. The monoisotopic (exact) mass is 468 g/mol. The highest BCUT2D eigenvalue weighted by molar-refractivity contribution is 7.89. The summed E-state index contributed by atoms with van der Waals surface area (Å²) in [5, 5.41) is 2.62. The topological polar surface area (TPSA) is 111 Å². The molecule has 33 heavy (non-hydrogen) atoms. The number of sulfonamides is 1. The molecule has 3 aromatic rings. The highest BCUT2D eigenvalue weighted by atomic mass is 32.2. The third-order valence-electron chi connectivity index (χ3n) is 4.48. The van der Waals surface area contributed by atoms with Crippen LogP contribution in [0.25, 0.3) is 0 Å². The fourth-order valence-electron chi connectivity index (χ4n) is 2.90. The molecule has 9 heteroatoms. The summed E-state index contributed by atoms with van der Waals surface area (Å²) in [4.78, 5) is 24.5. The molecule has 3 aromatic carbocycles. The van der Waals surface area contributed by atoms with Gasteiger partial charge in [0, 0.05) is 6.54 Å². The molecule has 0 heterocycles. The van der Waals surface area contributed by atoms with Crippen molar-refractivity contribution in [2.45, 2.75) is 18.4 Å². The van der Waals surface area contributed by atoms with Gasteiger partial charge in [-0.3, -0.25) is 4.79 Å². The van der Waals surface area contributed by atoms with Crippen molar-refractivity contribution in [3.05, 3.63) is 90.0 Å². The number of para-hydroxylation sites is 2. The summed E-state index contributed by atoms with van der Waals surface area (Å²) < 4.78 is 38.2. The Morgan fingerprint density at radius 3 is 2.39 bits per heavy atom. The first kappa shape index (κ1) is 24.0. The lowest BCUT2D eigenvalue weighted by atomic mass is 10.2. The number of anilines is 1. The van der Waals surface area contributed by atoms with Crippen molar-refractivity contribution in [2.24, 2.45) is 0 Å². The minimum absolute atomic E-state index is 0.0140. The van der Waals surface area contributed by atoms with Crippen LogP contribution in [-0.2, 0) is 26.1 Å². The predicted octanol–water partition coefficient (Wildman–Crippen LogP) is 3.36. The number of nitrogens with one attached hydrogen (secondary N) is 2. The Morgan fingerprint density at radius 1 is 0.909 bits per heavy atom. The van der Waals surface area contributed by atoms with Gasteiger partial charge in [-0.15, -0.1) is 0 Å². The van der Waals surface area contributed by atoms with Crippen molar-refractivity contribution in [1.29, 1.82) is 0 Å². The average Bonchev–Trinajstić information content (AvgIpc) is 2.83. The fourth-order valence-corrected chi connectivity index (χ4v) is 3.96. The molecule has 0 bridgehead atoms. The second-order valence-corrected chi connectivity index (χ2v) is 8.66.